The van der Waals surface area contributed by atoms with Gasteiger partial charge in [0, 0.05) is 6.42 Å². The maximum Gasteiger partial charge on any atom is 0.432 e. The van der Waals surface area contributed by atoms with Gasteiger partial charge in [0.15, 0.2) is 0 Å². The average molecular weight is 154 g/mol. The molecular formula is C7H8BFO2. The number of allylic oxidation sites excluding steroid dienone is 6. The van der Waals surface area contributed by atoms with Crippen LogP contribution in [-0.2, 0) is 0 Å². The van der Waals surface area contributed by atoms with Crippen molar-refractivity contribution >= 4 is 7.69 Å². The van der Waals surface area contributed by atoms with Gasteiger partial charge in [0.05, 0.1) is 0 Å². The van der Waals surface area contributed by atoms with Gasteiger partial charge in [0.1, 0.15) is 5.83 Å². The van der Waals surface area contributed by atoms with Crippen molar-refractivity contribution in [2.45, 2.75) is 6.42 Å². The van der Waals surface area contributed by atoms with Crippen molar-refractivity contribution < 1.29 is 14.4 Å². The molecule has 2 N–H and O–H groups in total. The molecule has 0 saturated carbocycles. The van der Waals surface area contributed by atoms with E-state index in [9.17, 15) is 4.39 Å². The molecule has 0 spiro atoms. The number of fused-ring (bicyclic) bond motifs is 2. The van der Waals surface area contributed by atoms with E-state index < -0.39 is 7.69 Å². The monoisotopic (exact) mass is 154 g/mol. The maximum absolute atomic E-state index is 12.4. The lowest BCUT2D eigenvalue weighted by molar-refractivity contribution is 0.448. The summed E-state index contributed by atoms with van der Waals surface area (Å²) >= 11 is 0. The SMILES string of the molecule is FC1=C2C=CC(=C1)C2.OBO. The molecular weight excluding hydrogens is 146 g/mol. The van der Waals surface area contributed by atoms with Crippen LogP contribution < -0.4 is 0 Å². The second kappa shape index (κ2) is 3.50. The predicted octanol–water partition coefficient (Wildman–Crippen LogP) is 0.347. The van der Waals surface area contributed by atoms with Crippen LogP contribution in [0.2, 0.25) is 0 Å². The van der Waals surface area contributed by atoms with Crippen molar-refractivity contribution in [3.63, 3.8) is 0 Å². The van der Waals surface area contributed by atoms with Crippen molar-refractivity contribution in [3.05, 3.63) is 35.2 Å². The Morgan fingerprint density at radius 2 is 2.00 bits per heavy atom. The molecule has 0 aromatic heterocycles. The van der Waals surface area contributed by atoms with Crippen LogP contribution in [0.15, 0.2) is 35.2 Å². The third-order valence-electron chi connectivity index (χ3n) is 1.51. The topological polar surface area (TPSA) is 40.5 Å². The Kier molecular flexibility index (Phi) is 2.62. The fourth-order valence-corrected chi connectivity index (χ4v) is 1.06. The van der Waals surface area contributed by atoms with E-state index in [1.54, 1.807) is 6.08 Å². The number of rotatable bonds is 0. The average Bonchev–Trinajstić information content (AvgIpc) is 2.48. The van der Waals surface area contributed by atoms with Crippen LogP contribution in [0.4, 0.5) is 4.39 Å². The van der Waals surface area contributed by atoms with Crippen LogP contribution in [0.3, 0.4) is 0 Å². The molecule has 0 saturated heterocycles. The van der Waals surface area contributed by atoms with Gasteiger partial charge in [-0.2, -0.15) is 0 Å². The van der Waals surface area contributed by atoms with E-state index in [2.05, 4.69) is 0 Å². The first-order valence-corrected chi connectivity index (χ1v) is 3.27. The van der Waals surface area contributed by atoms with Crippen LogP contribution in [0.1, 0.15) is 6.42 Å². The van der Waals surface area contributed by atoms with Gasteiger partial charge in [0.25, 0.3) is 0 Å². The molecule has 0 atom stereocenters. The highest BCUT2D eigenvalue weighted by Gasteiger charge is 2.16. The van der Waals surface area contributed by atoms with Gasteiger partial charge >= 0.3 is 7.69 Å². The van der Waals surface area contributed by atoms with Crippen molar-refractivity contribution in [2.24, 2.45) is 0 Å². The summed E-state index contributed by atoms with van der Waals surface area (Å²) in [5.41, 5.74) is 1.96. The van der Waals surface area contributed by atoms with Crippen LogP contribution in [0.5, 0.6) is 0 Å². The third kappa shape index (κ3) is 1.79. The van der Waals surface area contributed by atoms with Gasteiger partial charge in [-0.3, -0.25) is 0 Å². The molecule has 0 radical (unpaired) electrons. The van der Waals surface area contributed by atoms with E-state index in [0.29, 0.717) is 0 Å². The zero-order chi connectivity index (χ0) is 8.27. The first kappa shape index (κ1) is 8.23. The normalized spacial score (nSPS) is 17.9. The predicted molar refractivity (Wildman–Crippen MR) is 41.6 cm³/mol. The molecule has 0 heterocycles. The summed E-state index contributed by atoms with van der Waals surface area (Å²) in [6, 6.07) is 0. The summed E-state index contributed by atoms with van der Waals surface area (Å²) < 4.78 is 12.4. The first-order valence-electron chi connectivity index (χ1n) is 3.27. The Morgan fingerprint density at radius 1 is 1.36 bits per heavy atom. The number of hydrogen-bond acceptors (Lipinski definition) is 2. The van der Waals surface area contributed by atoms with Gasteiger partial charge in [-0.25, -0.2) is 4.39 Å². The lowest BCUT2D eigenvalue weighted by Gasteiger charge is -1.85. The van der Waals surface area contributed by atoms with Crippen molar-refractivity contribution in [1.29, 1.82) is 0 Å². The second-order valence-corrected chi connectivity index (χ2v) is 2.24. The maximum atomic E-state index is 12.4. The molecule has 58 valence electrons. The van der Waals surface area contributed by atoms with Crippen LogP contribution >= 0.6 is 0 Å². The van der Waals surface area contributed by atoms with Crippen molar-refractivity contribution in [1.82, 2.24) is 0 Å². The molecule has 0 unspecified atom stereocenters. The number of hydrogen-bond donors (Lipinski definition) is 2. The summed E-state index contributed by atoms with van der Waals surface area (Å²) in [5, 5.41) is 14.2. The highest BCUT2D eigenvalue weighted by atomic mass is 19.1. The Morgan fingerprint density at radius 3 is 2.18 bits per heavy atom. The third-order valence-corrected chi connectivity index (χ3v) is 1.51. The fourth-order valence-electron chi connectivity index (χ4n) is 1.06. The first-order chi connectivity index (χ1) is 5.27. The van der Waals surface area contributed by atoms with Crippen LogP contribution in [0.25, 0.3) is 0 Å². The largest absolute Gasteiger partial charge is 0.432 e. The molecule has 2 rings (SSSR count). The van der Waals surface area contributed by atoms with Crippen LogP contribution in [-0.4, -0.2) is 17.7 Å². The summed E-state index contributed by atoms with van der Waals surface area (Å²) in [5.74, 6) is -0.0394. The van der Waals surface area contributed by atoms with E-state index in [-0.39, 0.29) is 5.83 Å². The summed E-state index contributed by atoms with van der Waals surface area (Å²) in [6.45, 7) is 0. The highest BCUT2D eigenvalue weighted by Crippen LogP contribution is 2.33. The van der Waals surface area contributed by atoms with E-state index in [4.69, 9.17) is 10.0 Å². The van der Waals surface area contributed by atoms with E-state index >= 15 is 0 Å². The Bertz CT molecular complexity index is 243. The summed E-state index contributed by atoms with van der Waals surface area (Å²) in [4.78, 5) is 0. The Labute approximate surface area is 64.7 Å². The van der Waals surface area contributed by atoms with Crippen LogP contribution in [0, 0.1) is 0 Å². The van der Waals surface area contributed by atoms with Gasteiger partial charge in [-0.1, -0.05) is 12.2 Å². The molecule has 11 heavy (non-hydrogen) atoms. The molecule has 2 aliphatic carbocycles. The Hall–Kier alpha value is -0.865. The lowest BCUT2D eigenvalue weighted by Crippen LogP contribution is -1.75. The van der Waals surface area contributed by atoms with Gasteiger partial charge in [-0.05, 0) is 17.2 Å². The van der Waals surface area contributed by atoms with E-state index in [0.717, 1.165) is 17.6 Å². The quantitative estimate of drug-likeness (QED) is 0.494. The molecule has 0 aromatic carbocycles. The molecule has 2 aliphatic rings. The molecule has 0 fully saturated rings. The Balaban J connectivity index is 0.000000179. The van der Waals surface area contributed by atoms with E-state index in [1.165, 1.54) is 0 Å². The minimum absolute atomic E-state index is 0.0394. The molecule has 0 amide bonds. The fraction of sp³-hybridized carbons (Fsp3) is 0.143. The van der Waals surface area contributed by atoms with Crippen molar-refractivity contribution in [2.75, 3.05) is 0 Å². The van der Waals surface area contributed by atoms with Gasteiger partial charge < -0.3 is 10.0 Å². The minimum Gasteiger partial charge on any atom is -0.430 e. The summed E-state index contributed by atoms with van der Waals surface area (Å²) in [6.07, 6.45) is 6.21. The molecule has 4 heteroatoms. The molecule has 0 aromatic rings. The zero-order valence-electron chi connectivity index (χ0n) is 5.92. The molecule has 2 nitrogen and oxygen atoms in total. The number of halogens is 1. The van der Waals surface area contributed by atoms with E-state index in [1.807, 2.05) is 12.2 Å². The van der Waals surface area contributed by atoms with Crippen molar-refractivity contribution in [3.8, 4) is 0 Å². The van der Waals surface area contributed by atoms with Gasteiger partial charge in [-0.15, -0.1) is 0 Å². The smallest absolute Gasteiger partial charge is 0.430 e. The second-order valence-electron chi connectivity index (χ2n) is 2.24. The molecule has 2 bridgehead atoms. The standard InChI is InChI=1S/C7H5F.BH3O2/c8-7-4-5-1-2-6(7)3-5;2-1-3/h1-2,4H,3H2;1-3H. The van der Waals surface area contributed by atoms with Gasteiger partial charge in [0.2, 0.25) is 0 Å². The minimum atomic E-state index is -0.750. The zero-order valence-corrected chi connectivity index (χ0v) is 5.92. The lowest BCUT2D eigenvalue weighted by atomic mass is 10.3. The molecule has 0 aliphatic heterocycles. The summed E-state index contributed by atoms with van der Waals surface area (Å²) in [7, 11) is -0.750. The highest BCUT2D eigenvalue weighted by molar-refractivity contribution is 6.13.